The minimum Gasteiger partial charge on any atom is -0.334 e. The Morgan fingerprint density at radius 2 is 2.39 bits per heavy atom. The summed E-state index contributed by atoms with van der Waals surface area (Å²) in [7, 11) is 0. The zero-order chi connectivity index (χ0) is 13.1. The molecule has 4 nitrogen and oxygen atoms in total. The van der Waals surface area contributed by atoms with E-state index in [-0.39, 0.29) is 11.9 Å². The second kappa shape index (κ2) is 5.44. The van der Waals surface area contributed by atoms with E-state index in [4.69, 9.17) is 5.73 Å². The van der Waals surface area contributed by atoms with Gasteiger partial charge in [0.1, 0.15) is 5.82 Å². The minimum atomic E-state index is -0.491. The van der Waals surface area contributed by atoms with E-state index in [9.17, 15) is 9.18 Å². The highest BCUT2D eigenvalue weighted by Gasteiger charge is 2.31. The molecule has 0 bridgehead atoms. The van der Waals surface area contributed by atoms with Crippen molar-refractivity contribution in [2.24, 2.45) is 11.7 Å². The average Bonchev–Trinajstić information content (AvgIpc) is 2.37. The summed E-state index contributed by atoms with van der Waals surface area (Å²) in [6.07, 6.45) is 4.54. The van der Waals surface area contributed by atoms with E-state index in [0.717, 1.165) is 19.0 Å². The van der Waals surface area contributed by atoms with Gasteiger partial charge >= 0.3 is 0 Å². The first-order chi connectivity index (χ1) is 8.63. The van der Waals surface area contributed by atoms with Crippen LogP contribution in [0, 0.1) is 11.7 Å². The molecule has 1 amide bonds. The van der Waals surface area contributed by atoms with Crippen LogP contribution in [0.3, 0.4) is 0 Å². The summed E-state index contributed by atoms with van der Waals surface area (Å²) in [5.74, 6) is -0.284. The molecule has 1 fully saturated rings. The molecular formula is C13H18FN3O. The molecule has 0 unspecified atom stereocenters. The first-order valence-electron chi connectivity index (χ1n) is 6.25. The maximum absolute atomic E-state index is 13.1. The topological polar surface area (TPSA) is 59.2 Å². The van der Waals surface area contributed by atoms with Crippen LogP contribution in [-0.4, -0.2) is 34.9 Å². The Balaban J connectivity index is 2.21. The second-order valence-electron chi connectivity index (χ2n) is 4.81. The SMILES string of the molecule is C[C@@H]1CCCN(C(=O)c2cncc(F)c2)[C@H]1CN. The van der Waals surface area contributed by atoms with Crippen LogP contribution < -0.4 is 5.73 Å². The molecule has 0 radical (unpaired) electrons. The summed E-state index contributed by atoms with van der Waals surface area (Å²) >= 11 is 0. The van der Waals surface area contributed by atoms with Crippen LogP contribution in [0.4, 0.5) is 4.39 Å². The molecule has 0 saturated carbocycles. The molecule has 2 heterocycles. The maximum atomic E-state index is 13.1. The van der Waals surface area contributed by atoms with Gasteiger partial charge in [-0.3, -0.25) is 9.78 Å². The first-order valence-corrected chi connectivity index (χ1v) is 6.25. The summed E-state index contributed by atoms with van der Waals surface area (Å²) in [4.78, 5) is 17.8. The molecule has 18 heavy (non-hydrogen) atoms. The normalized spacial score (nSPS) is 24.1. The molecule has 1 aromatic heterocycles. The van der Waals surface area contributed by atoms with E-state index in [1.54, 1.807) is 4.90 Å². The Labute approximate surface area is 106 Å². The number of likely N-dealkylation sites (tertiary alicyclic amines) is 1. The smallest absolute Gasteiger partial charge is 0.255 e. The third-order valence-corrected chi connectivity index (χ3v) is 3.57. The van der Waals surface area contributed by atoms with E-state index >= 15 is 0 Å². The Kier molecular flexibility index (Phi) is 3.91. The fourth-order valence-electron chi connectivity index (χ4n) is 2.56. The highest BCUT2D eigenvalue weighted by molar-refractivity contribution is 5.94. The molecule has 1 aliphatic heterocycles. The Hall–Kier alpha value is -1.49. The number of amides is 1. The average molecular weight is 251 g/mol. The highest BCUT2D eigenvalue weighted by Crippen LogP contribution is 2.24. The molecular weight excluding hydrogens is 233 g/mol. The van der Waals surface area contributed by atoms with Crippen molar-refractivity contribution in [2.45, 2.75) is 25.8 Å². The molecule has 0 spiro atoms. The summed E-state index contributed by atoms with van der Waals surface area (Å²) in [6.45, 7) is 3.22. The van der Waals surface area contributed by atoms with Gasteiger partial charge in [-0.2, -0.15) is 0 Å². The van der Waals surface area contributed by atoms with Crippen LogP contribution >= 0.6 is 0 Å². The van der Waals surface area contributed by atoms with Crippen molar-refractivity contribution in [1.82, 2.24) is 9.88 Å². The number of carbonyl (C=O) groups excluding carboxylic acids is 1. The van der Waals surface area contributed by atoms with Gasteiger partial charge in [-0.15, -0.1) is 0 Å². The summed E-state index contributed by atoms with van der Waals surface area (Å²) in [5.41, 5.74) is 6.04. The quantitative estimate of drug-likeness (QED) is 0.864. The van der Waals surface area contributed by atoms with Crippen molar-refractivity contribution in [2.75, 3.05) is 13.1 Å². The van der Waals surface area contributed by atoms with Crippen molar-refractivity contribution in [3.05, 3.63) is 29.8 Å². The highest BCUT2D eigenvalue weighted by atomic mass is 19.1. The van der Waals surface area contributed by atoms with Gasteiger partial charge in [0, 0.05) is 25.3 Å². The van der Waals surface area contributed by atoms with E-state index < -0.39 is 5.82 Å². The van der Waals surface area contributed by atoms with Crippen molar-refractivity contribution < 1.29 is 9.18 Å². The Morgan fingerprint density at radius 1 is 1.61 bits per heavy atom. The molecule has 98 valence electrons. The van der Waals surface area contributed by atoms with Gasteiger partial charge in [-0.05, 0) is 24.8 Å². The summed E-state index contributed by atoms with van der Waals surface area (Å²) < 4.78 is 13.1. The van der Waals surface area contributed by atoms with Crippen LogP contribution in [0.5, 0.6) is 0 Å². The number of nitrogens with two attached hydrogens (primary N) is 1. The fraction of sp³-hybridized carbons (Fsp3) is 0.538. The van der Waals surface area contributed by atoms with E-state index in [1.807, 2.05) is 0 Å². The van der Waals surface area contributed by atoms with Crippen LogP contribution in [0.2, 0.25) is 0 Å². The first kappa shape index (κ1) is 13.0. The van der Waals surface area contributed by atoms with Gasteiger partial charge in [-0.1, -0.05) is 6.92 Å². The molecule has 1 saturated heterocycles. The predicted octanol–water partition coefficient (Wildman–Crippen LogP) is 1.42. The van der Waals surface area contributed by atoms with Gasteiger partial charge in [0.25, 0.3) is 5.91 Å². The maximum Gasteiger partial charge on any atom is 0.255 e. The van der Waals surface area contributed by atoms with Gasteiger partial charge in [0.05, 0.1) is 11.8 Å². The van der Waals surface area contributed by atoms with Crippen molar-refractivity contribution >= 4 is 5.91 Å². The number of pyridine rings is 1. The Bertz CT molecular complexity index is 438. The number of nitrogens with zero attached hydrogens (tertiary/aromatic N) is 2. The van der Waals surface area contributed by atoms with Crippen molar-refractivity contribution in [3.63, 3.8) is 0 Å². The summed E-state index contributed by atoms with van der Waals surface area (Å²) in [6, 6.07) is 1.26. The molecule has 5 heteroatoms. The van der Waals surface area contributed by atoms with Crippen LogP contribution in [-0.2, 0) is 0 Å². The monoisotopic (exact) mass is 251 g/mol. The number of carbonyl (C=O) groups is 1. The lowest BCUT2D eigenvalue weighted by atomic mass is 9.90. The predicted molar refractivity (Wildman–Crippen MR) is 66.5 cm³/mol. The molecule has 2 N–H and O–H groups in total. The lowest BCUT2D eigenvalue weighted by molar-refractivity contribution is 0.0531. The number of rotatable bonds is 2. The molecule has 2 rings (SSSR count). The zero-order valence-corrected chi connectivity index (χ0v) is 10.5. The van der Waals surface area contributed by atoms with Crippen molar-refractivity contribution in [3.8, 4) is 0 Å². The van der Waals surface area contributed by atoms with Gasteiger partial charge in [0.15, 0.2) is 0 Å². The van der Waals surface area contributed by atoms with Crippen LogP contribution in [0.25, 0.3) is 0 Å². The summed E-state index contributed by atoms with van der Waals surface area (Å²) in [5, 5.41) is 0. The van der Waals surface area contributed by atoms with Gasteiger partial charge < -0.3 is 10.6 Å². The second-order valence-corrected chi connectivity index (χ2v) is 4.81. The third-order valence-electron chi connectivity index (χ3n) is 3.57. The lowest BCUT2D eigenvalue weighted by Crippen LogP contribution is -2.51. The molecule has 0 aromatic carbocycles. The zero-order valence-electron chi connectivity index (χ0n) is 10.5. The molecule has 1 aliphatic rings. The molecule has 2 atom stereocenters. The minimum absolute atomic E-state index is 0.0366. The van der Waals surface area contributed by atoms with E-state index in [2.05, 4.69) is 11.9 Å². The van der Waals surface area contributed by atoms with Crippen LogP contribution in [0.15, 0.2) is 18.5 Å². The Morgan fingerprint density at radius 3 is 3.06 bits per heavy atom. The van der Waals surface area contributed by atoms with Crippen molar-refractivity contribution in [1.29, 1.82) is 0 Å². The van der Waals surface area contributed by atoms with Gasteiger partial charge in [-0.25, -0.2) is 4.39 Å². The number of hydrogen-bond donors (Lipinski definition) is 1. The third kappa shape index (κ3) is 2.51. The van der Waals surface area contributed by atoms with Crippen LogP contribution in [0.1, 0.15) is 30.1 Å². The number of piperidine rings is 1. The van der Waals surface area contributed by atoms with E-state index in [0.29, 0.717) is 24.6 Å². The number of halogens is 1. The fourth-order valence-corrected chi connectivity index (χ4v) is 2.56. The number of hydrogen-bond acceptors (Lipinski definition) is 3. The molecule has 1 aromatic rings. The molecule has 0 aliphatic carbocycles. The largest absolute Gasteiger partial charge is 0.334 e. The number of aromatic nitrogens is 1. The van der Waals surface area contributed by atoms with Gasteiger partial charge in [0.2, 0.25) is 0 Å². The lowest BCUT2D eigenvalue weighted by Gasteiger charge is -2.39. The standard InChI is InChI=1S/C13H18FN3O/c1-9-3-2-4-17(12(9)6-15)13(18)10-5-11(14)8-16-7-10/h5,7-9,12H,2-4,6,15H2,1H3/t9-,12+/m1/s1. The van der Waals surface area contributed by atoms with E-state index in [1.165, 1.54) is 12.3 Å².